The smallest absolute Gasteiger partial charge is 0.371 e. The molecule has 0 aromatic carbocycles. The third-order valence-corrected chi connectivity index (χ3v) is 4.77. The molecule has 1 fully saturated rings. The molecule has 1 aliphatic rings. The summed E-state index contributed by atoms with van der Waals surface area (Å²) in [6.07, 6.45) is -7.99. The van der Waals surface area contributed by atoms with Crippen LogP contribution in [0.5, 0.6) is 0 Å². The Kier molecular flexibility index (Phi) is 7.19. The average molecular weight is 480 g/mol. The minimum absolute atomic E-state index is 0.0421. The van der Waals surface area contributed by atoms with Crippen molar-refractivity contribution >= 4 is 11.9 Å². The summed E-state index contributed by atoms with van der Waals surface area (Å²) >= 11 is 0. The van der Waals surface area contributed by atoms with Crippen molar-refractivity contribution in [3.8, 4) is 0 Å². The Bertz CT molecular complexity index is 1020. The van der Waals surface area contributed by atoms with Crippen LogP contribution in [0.15, 0.2) is 23.3 Å². The molecule has 0 radical (unpaired) electrons. The van der Waals surface area contributed by atoms with Crippen molar-refractivity contribution in [2.24, 2.45) is 0 Å². The van der Waals surface area contributed by atoms with Gasteiger partial charge in [0.1, 0.15) is 12.2 Å². The number of alkyl halides is 6. The highest BCUT2D eigenvalue weighted by Gasteiger charge is 2.34. The van der Waals surface area contributed by atoms with Gasteiger partial charge in [0.05, 0.1) is 17.9 Å². The predicted octanol–water partition coefficient (Wildman–Crippen LogP) is 1.51. The summed E-state index contributed by atoms with van der Waals surface area (Å²) < 4.78 is 81.2. The van der Waals surface area contributed by atoms with E-state index in [9.17, 15) is 35.9 Å². The molecule has 3 rings (SSSR count). The van der Waals surface area contributed by atoms with Crippen molar-refractivity contribution in [3.05, 3.63) is 45.6 Å². The maximum Gasteiger partial charge on any atom is 0.421 e. The molecule has 0 unspecified atom stereocenters. The van der Waals surface area contributed by atoms with Crippen LogP contribution >= 0.6 is 0 Å². The number of nitrogens with zero attached hydrogens (tertiary/aromatic N) is 5. The number of aromatic amines is 1. The zero-order valence-electron chi connectivity index (χ0n) is 16.9. The van der Waals surface area contributed by atoms with Gasteiger partial charge in [0.25, 0.3) is 5.56 Å². The van der Waals surface area contributed by atoms with Gasteiger partial charge in [0.2, 0.25) is 11.9 Å². The van der Waals surface area contributed by atoms with Crippen LogP contribution in [0.3, 0.4) is 0 Å². The molecular formula is C18H18F6N6O3. The Hall–Kier alpha value is -3.23. The van der Waals surface area contributed by atoms with E-state index in [4.69, 9.17) is 4.74 Å². The Morgan fingerprint density at radius 3 is 2.24 bits per heavy atom. The van der Waals surface area contributed by atoms with Gasteiger partial charge in [-0.25, -0.2) is 15.1 Å². The molecule has 9 nitrogen and oxygen atoms in total. The quantitative estimate of drug-likeness (QED) is 0.494. The maximum absolute atomic E-state index is 12.7. The minimum atomic E-state index is -4.81. The number of hydrogen-bond donors (Lipinski definition) is 1. The third-order valence-electron chi connectivity index (χ3n) is 4.77. The monoisotopic (exact) mass is 480 g/mol. The first-order valence-electron chi connectivity index (χ1n) is 9.60. The number of halogens is 6. The van der Waals surface area contributed by atoms with Crippen LogP contribution in [0.1, 0.15) is 16.8 Å². The first kappa shape index (κ1) is 24.4. The Balaban J connectivity index is 1.42. The van der Waals surface area contributed by atoms with Crippen LogP contribution in [0.4, 0.5) is 32.3 Å². The minimum Gasteiger partial charge on any atom is -0.371 e. The molecule has 0 spiro atoms. The largest absolute Gasteiger partial charge is 0.421 e. The van der Waals surface area contributed by atoms with E-state index in [0.29, 0.717) is 31.5 Å². The fourth-order valence-corrected chi connectivity index (χ4v) is 3.00. The van der Waals surface area contributed by atoms with Crippen LogP contribution in [-0.2, 0) is 28.3 Å². The number of carbonyl (C=O) groups excluding carboxylic acids is 1. The number of anilines is 1. The predicted molar refractivity (Wildman–Crippen MR) is 100 cm³/mol. The highest BCUT2D eigenvalue weighted by Crippen LogP contribution is 2.28. The Labute approximate surface area is 182 Å². The molecule has 180 valence electrons. The lowest BCUT2D eigenvalue weighted by Crippen LogP contribution is -2.50. The highest BCUT2D eigenvalue weighted by atomic mass is 19.4. The number of hydrogen-bond acceptors (Lipinski definition) is 7. The van der Waals surface area contributed by atoms with Crippen molar-refractivity contribution in [1.82, 2.24) is 25.1 Å². The van der Waals surface area contributed by atoms with E-state index in [1.165, 1.54) is 4.90 Å². The normalized spacial score (nSPS) is 15.1. The lowest BCUT2D eigenvalue weighted by atomic mass is 10.2. The standard InChI is InChI=1S/C18H18F6N6O3/c19-17(20,21)11-8-25-16(26-9-11)30-4-2-29(3-5-30)14(31)10-33-6-1-12-7-13(18(22,23)24)15(32)28-27-12/h7-9H,1-6,10H2,(H,28,32). The highest BCUT2D eigenvalue weighted by molar-refractivity contribution is 5.77. The molecule has 33 heavy (non-hydrogen) atoms. The van der Waals surface area contributed by atoms with Gasteiger partial charge in [0, 0.05) is 45.0 Å². The lowest BCUT2D eigenvalue weighted by molar-refractivity contribution is -0.139. The van der Waals surface area contributed by atoms with Gasteiger partial charge in [-0.1, -0.05) is 0 Å². The summed E-state index contributed by atoms with van der Waals surface area (Å²) in [5.41, 5.74) is -3.70. The fourth-order valence-electron chi connectivity index (χ4n) is 3.00. The van der Waals surface area contributed by atoms with Gasteiger partial charge in [-0.2, -0.15) is 31.4 Å². The molecule has 1 saturated heterocycles. The molecule has 0 saturated carbocycles. The second-order valence-corrected chi connectivity index (χ2v) is 7.04. The van der Waals surface area contributed by atoms with Gasteiger partial charge in [0.15, 0.2) is 0 Å². The fraction of sp³-hybridized carbons (Fsp3) is 0.500. The average Bonchev–Trinajstić information content (AvgIpc) is 2.76. The first-order chi connectivity index (χ1) is 15.4. The maximum atomic E-state index is 12.7. The SMILES string of the molecule is O=C(COCCc1cc(C(F)(F)F)c(=O)[nH]n1)N1CCN(c2ncc(C(F)(F)F)cn2)CC1. The molecule has 2 aromatic heterocycles. The Morgan fingerprint density at radius 1 is 1.03 bits per heavy atom. The van der Waals surface area contributed by atoms with Crippen molar-refractivity contribution < 1.29 is 35.9 Å². The number of nitrogens with one attached hydrogen (secondary N) is 1. The zero-order chi connectivity index (χ0) is 24.2. The molecule has 1 amide bonds. The van der Waals surface area contributed by atoms with E-state index in [2.05, 4.69) is 15.1 Å². The van der Waals surface area contributed by atoms with Crippen molar-refractivity contribution in [2.45, 2.75) is 18.8 Å². The number of carbonyl (C=O) groups is 1. The topological polar surface area (TPSA) is 104 Å². The molecular weight excluding hydrogens is 462 g/mol. The van der Waals surface area contributed by atoms with Gasteiger partial charge >= 0.3 is 12.4 Å². The summed E-state index contributed by atoms with van der Waals surface area (Å²) in [6, 6.07) is 0.632. The van der Waals surface area contributed by atoms with Crippen LogP contribution in [-0.4, -0.2) is 70.4 Å². The van der Waals surface area contributed by atoms with Gasteiger partial charge < -0.3 is 14.5 Å². The number of amides is 1. The second kappa shape index (κ2) is 9.72. The van der Waals surface area contributed by atoms with Crippen LogP contribution in [0.2, 0.25) is 0 Å². The molecule has 2 aromatic rings. The zero-order valence-corrected chi connectivity index (χ0v) is 16.9. The van der Waals surface area contributed by atoms with E-state index in [1.807, 2.05) is 0 Å². The van der Waals surface area contributed by atoms with Crippen LogP contribution in [0, 0.1) is 0 Å². The van der Waals surface area contributed by atoms with E-state index >= 15 is 0 Å². The van der Waals surface area contributed by atoms with Crippen molar-refractivity contribution in [2.75, 3.05) is 44.3 Å². The van der Waals surface area contributed by atoms with E-state index in [0.717, 1.165) is 0 Å². The summed E-state index contributed by atoms with van der Waals surface area (Å²) in [5, 5.41) is 5.30. The molecule has 0 aliphatic carbocycles. The summed E-state index contributed by atoms with van der Waals surface area (Å²) in [5.74, 6) is -0.230. The third kappa shape index (κ3) is 6.40. The number of H-pyrrole nitrogens is 1. The summed E-state index contributed by atoms with van der Waals surface area (Å²) in [7, 11) is 0. The summed E-state index contributed by atoms with van der Waals surface area (Å²) in [4.78, 5) is 34.0. The van der Waals surface area contributed by atoms with Crippen LogP contribution < -0.4 is 10.5 Å². The van der Waals surface area contributed by atoms with Gasteiger partial charge in [-0.15, -0.1) is 0 Å². The first-order valence-corrected chi connectivity index (χ1v) is 9.60. The number of ether oxygens (including phenoxy) is 1. The molecule has 1 aliphatic heterocycles. The lowest BCUT2D eigenvalue weighted by Gasteiger charge is -2.34. The van der Waals surface area contributed by atoms with E-state index in [-0.39, 0.29) is 50.3 Å². The molecule has 0 atom stereocenters. The van der Waals surface area contributed by atoms with Crippen molar-refractivity contribution in [1.29, 1.82) is 0 Å². The summed E-state index contributed by atoms with van der Waals surface area (Å²) in [6.45, 7) is 0.733. The second-order valence-electron chi connectivity index (χ2n) is 7.04. The van der Waals surface area contributed by atoms with E-state index in [1.54, 1.807) is 10.00 Å². The Morgan fingerprint density at radius 2 is 1.67 bits per heavy atom. The number of aromatic nitrogens is 4. The van der Waals surface area contributed by atoms with Gasteiger partial charge in [-0.3, -0.25) is 9.59 Å². The van der Waals surface area contributed by atoms with Crippen LogP contribution in [0.25, 0.3) is 0 Å². The molecule has 15 heteroatoms. The van der Waals surface area contributed by atoms with Gasteiger partial charge in [-0.05, 0) is 6.07 Å². The number of piperazine rings is 1. The number of rotatable bonds is 6. The molecule has 1 N–H and O–H groups in total. The molecule has 0 bridgehead atoms. The van der Waals surface area contributed by atoms with E-state index < -0.39 is 29.0 Å². The van der Waals surface area contributed by atoms with Crippen molar-refractivity contribution in [3.63, 3.8) is 0 Å². The molecule has 3 heterocycles.